The maximum atomic E-state index is 11.2. The smallest absolute Gasteiger partial charge is 0.301 e. The van der Waals surface area contributed by atoms with Crippen LogP contribution in [0.2, 0.25) is 10.0 Å². The van der Waals surface area contributed by atoms with Crippen LogP contribution in [0.3, 0.4) is 0 Å². The molecule has 0 fully saturated rings. The largest absolute Gasteiger partial charge is 0.748 e. The highest BCUT2D eigenvalue weighted by Gasteiger charge is 2.27. The van der Waals surface area contributed by atoms with Crippen LogP contribution < -0.4 is 14.2 Å². The van der Waals surface area contributed by atoms with Crippen molar-refractivity contribution in [1.29, 1.82) is 0 Å². The Labute approximate surface area is 243 Å². The van der Waals surface area contributed by atoms with Crippen molar-refractivity contribution >= 4 is 78.0 Å². The van der Waals surface area contributed by atoms with Crippen LogP contribution in [0, 0.1) is 0 Å². The number of thiazole rings is 1. The molecular weight excluding hydrogens is 607 g/mol. The van der Waals surface area contributed by atoms with Crippen LogP contribution in [0.5, 0.6) is 5.75 Å². The maximum Gasteiger partial charge on any atom is 0.301 e. The second kappa shape index (κ2) is 13.1. The van der Waals surface area contributed by atoms with Gasteiger partial charge in [0.15, 0.2) is 12.3 Å². The van der Waals surface area contributed by atoms with Crippen LogP contribution in [0.1, 0.15) is 31.2 Å². The van der Waals surface area contributed by atoms with Crippen molar-refractivity contribution in [3.8, 4) is 5.75 Å². The topological polar surface area (TPSA) is 120 Å². The van der Waals surface area contributed by atoms with E-state index in [0.29, 0.717) is 46.8 Å². The Hall–Kier alpha value is -2.03. The van der Waals surface area contributed by atoms with Gasteiger partial charge in [-0.3, -0.25) is 8.74 Å². The summed E-state index contributed by atoms with van der Waals surface area (Å²) in [5.74, 6) is 0.596. The fourth-order valence-corrected chi connectivity index (χ4v) is 6.36. The van der Waals surface area contributed by atoms with Crippen LogP contribution in [0.25, 0.3) is 16.3 Å². The van der Waals surface area contributed by atoms with E-state index in [2.05, 4.69) is 4.57 Å². The number of ether oxygens (including phenoxy) is 1. The first-order valence-electron chi connectivity index (χ1n) is 12.0. The lowest BCUT2D eigenvalue weighted by Crippen LogP contribution is -2.35. The van der Waals surface area contributed by atoms with Gasteiger partial charge in [0, 0.05) is 47.0 Å². The highest BCUT2D eigenvalue weighted by atomic mass is 35.5. The first-order chi connectivity index (χ1) is 18.5. The van der Waals surface area contributed by atoms with Crippen molar-refractivity contribution in [2.75, 3.05) is 23.8 Å². The number of rotatable bonds is 12. The predicted octanol–water partition coefficient (Wildman–Crippen LogP) is 5.51. The number of anilines is 1. The van der Waals surface area contributed by atoms with E-state index in [0.717, 1.165) is 20.8 Å². The highest BCUT2D eigenvalue weighted by molar-refractivity contribution is 7.85. The lowest BCUT2D eigenvalue weighted by molar-refractivity contribution is -0.669. The summed E-state index contributed by atoms with van der Waals surface area (Å²) in [5, 5.41) is 2.04. The Kier molecular flexibility index (Phi) is 10.0. The van der Waals surface area contributed by atoms with Gasteiger partial charge >= 0.3 is 11.4 Å². The van der Waals surface area contributed by atoms with Gasteiger partial charge < -0.3 is 14.2 Å². The van der Waals surface area contributed by atoms with Gasteiger partial charge in [0.25, 0.3) is 5.01 Å². The average molecular weight is 634 g/mol. The summed E-state index contributed by atoms with van der Waals surface area (Å²) in [6.45, 7) is 2.91. The number of hydrogen-bond acceptors (Lipinski definition) is 8. The van der Waals surface area contributed by atoms with Crippen molar-refractivity contribution in [3.05, 3.63) is 69.0 Å². The molecule has 2 heterocycles. The summed E-state index contributed by atoms with van der Waals surface area (Å²) < 4.78 is 67.3. The van der Waals surface area contributed by atoms with Gasteiger partial charge in [-0.25, -0.2) is 8.42 Å². The molecule has 3 aromatic rings. The van der Waals surface area contributed by atoms with Crippen molar-refractivity contribution in [2.24, 2.45) is 0 Å². The molecule has 0 amide bonds. The standard InChI is InChI=1S/C25H26Cl2N2O7S3/c1-2-17(13-24-28(10-4-12-39(32,33)34)20-15-18(26)5-7-22(20)36-24)14-25-29(9-3-11-35-38(30)31)21-16-19(27)6-8-23(21)37-25/h5-8,13-16H,2-4,9-12H2,1H3,(H-,30,31,32,33,34). The number of nitrogens with zero attached hydrogens (tertiary/aromatic N) is 2. The monoisotopic (exact) mass is 632 g/mol. The van der Waals surface area contributed by atoms with E-state index in [1.165, 1.54) is 0 Å². The molecule has 0 aliphatic carbocycles. The Morgan fingerprint density at radius 2 is 1.97 bits per heavy atom. The van der Waals surface area contributed by atoms with Gasteiger partial charge in [-0.15, -0.1) is 0 Å². The Bertz CT molecular complexity index is 1550. The lowest BCUT2D eigenvalue weighted by Gasteiger charge is -2.19. The van der Waals surface area contributed by atoms with E-state index < -0.39 is 27.2 Å². The molecule has 2 aromatic carbocycles. The normalized spacial score (nSPS) is 15.7. The molecule has 1 N–H and O–H groups in total. The molecule has 0 bridgehead atoms. The molecule has 0 saturated heterocycles. The third kappa shape index (κ3) is 8.01. The van der Waals surface area contributed by atoms with E-state index in [9.17, 15) is 17.2 Å². The molecule has 1 atom stereocenters. The van der Waals surface area contributed by atoms with Crippen LogP contribution in [0.4, 0.5) is 5.69 Å². The fourth-order valence-electron chi connectivity index (χ4n) is 4.14. The van der Waals surface area contributed by atoms with Crippen molar-refractivity contribution in [2.45, 2.75) is 32.7 Å². The number of aryl methyl sites for hydroxylation is 1. The molecule has 210 valence electrons. The number of allylic oxidation sites excluding steroid dienone is 2. The van der Waals surface area contributed by atoms with Crippen molar-refractivity contribution in [1.82, 2.24) is 0 Å². The molecule has 4 rings (SSSR count). The van der Waals surface area contributed by atoms with Gasteiger partial charge in [-0.05, 0) is 48.7 Å². The third-order valence-corrected chi connectivity index (χ3v) is 8.64. The third-order valence-electron chi connectivity index (χ3n) is 5.90. The van der Waals surface area contributed by atoms with E-state index in [4.69, 9.17) is 36.7 Å². The van der Waals surface area contributed by atoms with Gasteiger partial charge in [0.2, 0.25) is 11.4 Å². The molecular formula is C25H26Cl2N2O7S3. The van der Waals surface area contributed by atoms with E-state index in [1.54, 1.807) is 29.5 Å². The Balaban J connectivity index is 1.68. The fraction of sp³-hybridized carbons (Fsp3) is 0.320. The summed E-state index contributed by atoms with van der Waals surface area (Å²) in [6, 6.07) is 10.9. The van der Waals surface area contributed by atoms with Crippen molar-refractivity contribution in [3.63, 3.8) is 0 Å². The minimum atomic E-state index is -4.35. The first-order valence-corrected chi connectivity index (χ1v) is 16.2. The molecule has 1 aliphatic heterocycles. The second-order valence-electron chi connectivity index (χ2n) is 8.63. The zero-order valence-corrected chi connectivity index (χ0v) is 24.8. The number of hydrogen-bond donors (Lipinski definition) is 1. The van der Waals surface area contributed by atoms with Crippen LogP contribution in [-0.2, 0) is 32.2 Å². The molecule has 1 aromatic heterocycles. The van der Waals surface area contributed by atoms with E-state index in [1.807, 2.05) is 42.2 Å². The second-order valence-corrected chi connectivity index (χ2v) is 12.8. The molecule has 14 heteroatoms. The number of aromatic nitrogens is 1. The predicted molar refractivity (Wildman–Crippen MR) is 153 cm³/mol. The minimum Gasteiger partial charge on any atom is -0.748 e. The van der Waals surface area contributed by atoms with Gasteiger partial charge in [-0.1, -0.05) is 41.5 Å². The molecule has 0 spiro atoms. The molecule has 0 radical (unpaired) electrons. The van der Waals surface area contributed by atoms with Crippen LogP contribution >= 0.6 is 34.5 Å². The number of benzene rings is 2. The highest BCUT2D eigenvalue weighted by Crippen LogP contribution is 2.41. The summed E-state index contributed by atoms with van der Waals surface area (Å²) in [6.07, 6.45) is 5.22. The minimum absolute atomic E-state index is 0.116. The van der Waals surface area contributed by atoms with Crippen LogP contribution in [-0.4, -0.2) is 40.6 Å². The summed E-state index contributed by atoms with van der Waals surface area (Å²) in [7, 11) is -4.35. The molecule has 1 aliphatic rings. The average Bonchev–Trinajstić information content (AvgIpc) is 3.37. The number of fused-ring (bicyclic) bond motifs is 2. The number of halogens is 2. The molecule has 1 unspecified atom stereocenters. The summed E-state index contributed by atoms with van der Waals surface area (Å²) >= 11 is 11.7. The van der Waals surface area contributed by atoms with E-state index >= 15 is 0 Å². The zero-order chi connectivity index (χ0) is 28.2. The van der Waals surface area contributed by atoms with Crippen LogP contribution in [0.15, 0.2) is 53.9 Å². The van der Waals surface area contributed by atoms with E-state index in [-0.39, 0.29) is 19.6 Å². The summed E-state index contributed by atoms with van der Waals surface area (Å²) in [4.78, 5) is 1.82. The maximum absolute atomic E-state index is 11.2. The zero-order valence-electron chi connectivity index (χ0n) is 20.8. The van der Waals surface area contributed by atoms with Gasteiger partial charge in [-0.2, -0.15) is 8.78 Å². The van der Waals surface area contributed by atoms with Crippen molar-refractivity contribution < 1.29 is 35.2 Å². The first kappa shape index (κ1) is 29.9. The molecule has 0 saturated carbocycles. The Morgan fingerprint density at radius 3 is 2.69 bits per heavy atom. The molecule has 9 nitrogen and oxygen atoms in total. The summed E-state index contributed by atoms with van der Waals surface area (Å²) in [5.41, 5.74) is 2.57. The van der Waals surface area contributed by atoms with Gasteiger partial charge in [0.05, 0.1) is 22.4 Å². The van der Waals surface area contributed by atoms with Gasteiger partial charge in [0.1, 0.15) is 4.70 Å². The molecule has 39 heavy (non-hydrogen) atoms. The SMILES string of the molecule is CCC(=Cc1sc2ccc(Cl)cc2[n+]1CCCOS(=O)O)C=C1Oc2ccc(Cl)cc2N1CCCS(=O)(=O)[O-]. The lowest BCUT2D eigenvalue weighted by atomic mass is 10.2. The Morgan fingerprint density at radius 1 is 1.23 bits per heavy atom. The quantitative estimate of drug-likeness (QED) is 0.120.